The van der Waals surface area contributed by atoms with E-state index >= 15 is 0 Å². The van der Waals surface area contributed by atoms with Crippen LogP contribution in [0, 0.1) is 0 Å². The number of nitrogens with zero attached hydrogens (tertiary/aromatic N) is 3. The quantitative estimate of drug-likeness (QED) is 0.0622. The zero-order valence-corrected chi connectivity index (χ0v) is 23.4. The number of nitrogens with two attached hydrogens (primary N) is 1. The van der Waals surface area contributed by atoms with Crippen LogP contribution < -0.4 is 111 Å². The van der Waals surface area contributed by atoms with E-state index < -0.39 is 70.0 Å². The number of hydrogen-bond acceptors (Lipinski definition) is 18. The second kappa shape index (κ2) is 15.6. The number of aromatic nitrogens is 4. The zero-order chi connectivity index (χ0) is 25.6. The Morgan fingerprint density at radius 2 is 1.61 bits per heavy atom. The normalized spacial score (nSPS) is 22.4. The van der Waals surface area contributed by atoms with Gasteiger partial charge in [-0.25, -0.2) is 4.98 Å². The van der Waals surface area contributed by atoms with Gasteiger partial charge in [-0.15, -0.1) is 0 Å². The number of rotatable bonds is 8. The van der Waals surface area contributed by atoms with E-state index in [4.69, 9.17) is 10.5 Å². The summed E-state index contributed by atoms with van der Waals surface area (Å²) in [4.78, 5) is 76.5. The third-order valence-corrected chi connectivity index (χ3v) is 9.59. The molecule has 0 amide bonds. The van der Waals surface area contributed by atoms with Crippen molar-refractivity contribution < 1.29 is 142 Å². The zero-order valence-electron chi connectivity index (χ0n) is 19.9. The van der Waals surface area contributed by atoms with Crippen LogP contribution in [0.3, 0.4) is 0 Å². The minimum Gasteiger partial charge on any atom is -0.789 e. The van der Waals surface area contributed by atoms with Gasteiger partial charge in [-0.2, -0.15) is 4.98 Å². The number of H-pyrrole nitrogens is 1. The van der Waals surface area contributed by atoms with Crippen LogP contribution in [-0.4, -0.2) is 59.4 Å². The molecule has 0 aromatic carbocycles. The van der Waals surface area contributed by atoms with Gasteiger partial charge in [0.15, 0.2) is 17.4 Å². The summed E-state index contributed by atoms with van der Waals surface area (Å²) in [6.07, 6.45) is -8.78. The Balaban J connectivity index is 0. The smallest absolute Gasteiger partial charge is 0.789 e. The molecule has 1 aliphatic rings. The summed E-state index contributed by atoms with van der Waals surface area (Å²) < 4.78 is 38.9. The number of nitrogen functional groups attached to an aromatic ring is 1. The van der Waals surface area contributed by atoms with Crippen molar-refractivity contribution in [2.45, 2.75) is 30.8 Å². The molecule has 1 saturated heterocycles. The van der Waals surface area contributed by atoms with Gasteiger partial charge < -0.3 is 59.4 Å². The second-order valence-electron chi connectivity index (χ2n) is 6.31. The van der Waals surface area contributed by atoms with Crippen LogP contribution >= 0.6 is 22.4 Å². The van der Waals surface area contributed by atoms with E-state index in [-0.39, 0.29) is 92.6 Å². The monoisotopic (exact) mass is 595 g/mol. The van der Waals surface area contributed by atoms with Crippen molar-refractivity contribution in [2.75, 3.05) is 5.73 Å². The summed E-state index contributed by atoms with van der Waals surface area (Å²) in [6, 6.07) is 0. The van der Waals surface area contributed by atoms with E-state index in [2.05, 4.69) is 27.8 Å². The predicted molar refractivity (Wildman–Crippen MR) is 97.2 cm³/mol. The van der Waals surface area contributed by atoms with Crippen molar-refractivity contribution in [2.24, 2.45) is 0 Å². The molecule has 1 fully saturated rings. The van der Waals surface area contributed by atoms with E-state index in [0.717, 1.165) is 10.9 Å². The third-order valence-electron chi connectivity index (χ3n) is 3.91. The first-order valence-electron chi connectivity index (χ1n) is 8.33. The Morgan fingerprint density at radius 3 is 2.11 bits per heavy atom. The number of hydrogen-bond donors (Lipinski definition) is 5. The minimum atomic E-state index is -6.20. The topological polar surface area (TPSA) is 337 Å². The number of aliphatic hydroxyl groups is 3. The Kier molecular flexibility index (Phi) is 16.9. The molecule has 3 heterocycles. The van der Waals surface area contributed by atoms with Crippen LogP contribution in [0.4, 0.5) is 5.95 Å². The number of anilines is 1. The fourth-order valence-corrected chi connectivity index (χ4v) is 8.13. The van der Waals surface area contributed by atoms with Gasteiger partial charge in [0.25, 0.3) is 5.56 Å². The maximum atomic E-state index is 12.1. The molecule has 0 bridgehead atoms. The van der Waals surface area contributed by atoms with Gasteiger partial charge in [0.1, 0.15) is 18.3 Å². The first-order chi connectivity index (χ1) is 15.5. The van der Waals surface area contributed by atoms with Gasteiger partial charge in [-0.1, -0.05) is 4.18 Å². The molecule has 1 aliphatic heterocycles. The number of imidazole rings is 1. The van der Waals surface area contributed by atoms with Gasteiger partial charge >= 0.3 is 93.4 Å². The van der Waals surface area contributed by atoms with Gasteiger partial charge in [-0.3, -0.25) is 23.0 Å². The van der Waals surface area contributed by atoms with Crippen molar-refractivity contribution in [3.8, 4) is 0 Å². The predicted octanol–water partition coefficient (Wildman–Crippen LogP) is -18.6. The molecule has 192 valence electrons. The van der Waals surface area contributed by atoms with E-state index in [0.29, 0.717) is 0 Å². The fourth-order valence-electron chi connectivity index (χ4n) is 2.72. The van der Waals surface area contributed by atoms with Crippen LogP contribution in [-0.2, 0) is 37.9 Å². The maximum absolute atomic E-state index is 12.1. The first kappa shape index (κ1) is 41.3. The molecule has 0 spiro atoms. The Labute approximate surface area is 263 Å². The van der Waals surface area contributed by atoms with Crippen LogP contribution in [0.25, 0.3) is 11.2 Å². The van der Waals surface area contributed by atoms with Gasteiger partial charge in [0.2, 0.25) is 12.2 Å². The molecule has 20 nitrogen and oxygen atoms in total. The molecule has 0 aliphatic carbocycles. The van der Waals surface area contributed by atoms with E-state index in [1.807, 2.05) is 0 Å². The summed E-state index contributed by atoms with van der Waals surface area (Å²) in [7, 11) is -12.4. The molecule has 1 unspecified atom stereocenters. The Bertz CT molecular complexity index is 1260. The SMILES string of the molecule is Nc1nc2c(ncn2[C@@H]2O[C@H](C(O)O[S+]=P([O-])(OP(=O)([O-])[O-])OP(=O)([O-])[O-])[C@@H](O)[C@H]2O)c(=O)[nH]1.[Li+].[Li+].[Li+].[Li+]. The Morgan fingerprint density at radius 1 is 1.08 bits per heavy atom. The summed E-state index contributed by atoms with van der Waals surface area (Å²) in [5.74, 6) is -0.331. The fraction of sp³-hybridized carbons (Fsp3) is 0.500. The number of aromatic amines is 1. The maximum Gasteiger partial charge on any atom is 1.00 e. The standard InChI is InChI=1S/C10H16N5O15P3S.4Li/c11-10-13-6-2(7(18)14-10)12-1-15(6)8-4(17)3(16)5(27-8)9(19)28-34-33(26,29-31(20,21)22)30-32(23,24)25;;;;/h1,3-5,8-9,16-17,19H,(H7-,11,13,14,18,20,21,22,23,24,25,26);;;;/q;4*+1/p-4/t3-,4+,5-,8+,9?;;;;/m0..../s1. The Hall–Kier alpha value is 1.17. The van der Waals surface area contributed by atoms with Crippen molar-refractivity contribution in [3.63, 3.8) is 0 Å². The molecule has 2 aromatic heterocycles. The average molecular weight is 595 g/mol. The number of fused-ring (bicyclic) bond motifs is 1. The van der Waals surface area contributed by atoms with Gasteiger partial charge in [0, 0.05) is 0 Å². The molecule has 5 atom stereocenters. The number of ether oxygens (including phenoxy) is 1. The third kappa shape index (κ3) is 10.5. The summed E-state index contributed by atoms with van der Waals surface area (Å²) >= 11 is -0.869. The largest absolute Gasteiger partial charge is 1.00 e. The van der Waals surface area contributed by atoms with Crippen LogP contribution in [0.2, 0.25) is 0 Å². The summed E-state index contributed by atoms with van der Waals surface area (Å²) in [6.45, 7) is -5.72. The van der Waals surface area contributed by atoms with Gasteiger partial charge in [0.05, 0.1) is 22.0 Å². The molecular formula is C10H12Li4N5O15P3S. The van der Waals surface area contributed by atoms with Crippen LogP contribution in [0.5, 0.6) is 0 Å². The molecule has 28 heteroatoms. The number of phosphoric acid groups is 2. The van der Waals surface area contributed by atoms with Crippen molar-refractivity contribution in [1.29, 1.82) is 0 Å². The number of aliphatic hydroxyl groups excluding tert-OH is 3. The van der Waals surface area contributed by atoms with E-state index in [1.54, 1.807) is 0 Å². The minimum absolute atomic E-state index is 0. The molecular weight excluding hydrogens is 583 g/mol. The molecule has 38 heavy (non-hydrogen) atoms. The molecule has 2 aromatic rings. The molecule has 6 N–H and O–H groups in total. The summed E-state index contributed by atoms with van der Waals surface area (Å²) in [5.41, 5.74) is 4.28. The van der Waals surface area contributed by atoms with Crippen molar-refractivity contribution in [3.05, 3.63) is 16.7 Å². The second-order valence-corrected chi connectivity index (χ2v) is 12.4. The first-order valence-corrected chi connectivity index (χ1v) is 14.1. The van der Waals surface area contributed by atoms with E-state index in [9.17, 15) is 53.7 Å². The van der Waals surface area contributed by atoms with Crippen molar-refractivity contribution in [1.82, 2.24) is 19.5 Å². The molecule has 0 saturated carbocycles. The number of nitrogens with one attached hydrogen (secondary N) is 1. The molecule has 3 rings (SSSR count). The summed E-state index contributed by atoms with van der Waals surface area (Å²) in [5, 5.41) is 30.6. The van der Waals surface area contributed by atoms with E-state index in [1.165, 1.54) is 0 Å². The van der Waals surface area contributed by atoms with Crippen molar-refractivity contribution >= 4 is 50.7 Å². The van der Waals surface area contributed by atoms with Crippen LogP contribution in [0.15, 0.2) is 11.1 Å². The van der Waals surface area contributed by atoms with Gasteiger partial charge in [-0.05, 0) is 0 Å². The molecule has 0 radical (unpaired) electrons. The van der Waals surface area contributed by atoms with Crippen LogP contribution in [0.1, 0.15) is 6.23 Å². The average Bonchev–Trinajstić information content (AvgIpc) is 3.18.